The molecule has 0 saturated carbocycles. The van der Waals surface area contributed by atoms with E-state index in [1.807, 2.05) is 12.1 Å². The molecule has 7 heteroatoms. The summed E-state index contributed by atoms with van der Waals surface area (Å²) in [5.41, 5.74) is 0. The number of hydrogen-bond donors (Lipinski definition) is 1. The van der Waals surface area contributed by atoms with Crippen LogP contribution in [0.2, 0.25) is 0 Å². The van der Waals surface area contributed by atoms with E-state index >= 15 is 0 Å². The van der Waals surface area contributed by atoms with E-state index in [0.29, 0.717) is 11.6 Å². The van der Waals surface area contributed by atoms with Crippen LogP contribution in [0, 0.1) is 0 Å². The van der Waals surface area contributed by atoms with Gasteiger partial charge in [-0.1, -0.05) is 27.2 Å². The van der Waals surface area contributed by atoms with E-state index in [2.05, 4.69) is 26.1 Å². The van der Waals surface area contributed by atoms with E-state index in [1.165, 1.54) is 0 Å². The summed E-state index contributed by atoms with van der Waals surface area (Å²) in [6.07, 6.45) is -0.288. The molecule has 0 radical (unpaired) electrons. The molecule has 94 valence electrons. The number of hydrogen-bond acceptors (Lipinski definition) is 5. The molecule has 0 aliphatic carbocycles. The molecule has 0 aliphatic rings. The predicted molar refractivity (Wildman–Crippen MR) is 64.1 cm³/mol. The van der Waals surface area contributed by atoms with Gasteiger partial charge in [-0.3, -0.25) is 4.79 Å². The zero-order valence-corrected chi connectivity index (χ0v) is 10.8. The third-order valence-corrected chi connectivity index (χ3v) is 2.47. The van der Waals surface area contributed by atoms with Crippen molar-refractivity contribution in [1.29, 1.82) is 0 Å². The molecule has 0 unspecified atom stereocenters. The number of carboxylic acids is 1. The van der Waals surface area contributed by atoms with Crippen molar-refractivity contribution in [3.05, 3.63) is 40.5 Å². The third-order valence-electron chi connectivity index (χ3n) is 1.98. The Morgan fingerprint density at radius 3 is 3.06 bits per heavy atom. The van der Waals surface area contributed by atoms with Crippen LogP contribution in [0.4, 0.5) is 0 Å². The van der Waals surface area contributed by atoms with Crippen LogP contribution in [-0.2, 0) is 17.8 Å². The van der Waals surface area contributed by atoms with Crippen molar-refractivity contribution in [3.63, 3.8) is 0 Å². The molecular weight excluding hydrogens is 304 g/mol. The van der Waals surface area contributed by atoms with Gasteiger partial charge in [-0.25, -0.2) is 0 Å². The zero-order valence-electron chi connectivity index (χ0n) is 9.17. The van der Waals surface area contributed by atoms with E-state index in [-0.39, 0.29) is 18.9 Å². The van der Waals surface area contributed by atoms with Crippen LogP contribution >= 0.6 is 15.9 Å². The topological polar surface area (TPSA) is 85.5 Å². The lowest BCUT2D eigenvalue weighted by molar-refractivity contribution is -0.136. The van der Waals surface area contributed by atoms with Crippen LogP contribution in [0.3, 0.4) is 0 Å². The van der Waals surface area contributed by atoms with E-state index in [0.717, 1.165) is 4.47 Å². The maximum atomic E-state index is 10.4. The number of rotatable bonds is 5. The molecule has 0 saturated heterocycles. The Morgan fingerprint density at radius 2 is 2.33 bits per heavy atom. The summed E-state index contributed by atoms with van der Waals surface area (Å²) in [6.45, 7) is 0.125. The van der Waals surface area contributed by atoms with Crippen molar-refractivity contribution in [3.8, 4) is 5.75 Å². The van der Waals surface area contributed by atoms with Crippen molar-refractivity contribution in [1.82, 2.24) is 10.1 Å². The highest BCUT2D eigenvalue weighted by Gasteiger charge is 2.10. The van der Waals surface area contributed by atoms with Crippen LogP contribution in [0.25, 0.3) is 0 Å². The normalized spacial score (nSPS) is 10.3. The van der Waals surface area contributed by atoms with Crippen LogP contribution < -0.4 is 4.74 Å². The quantitative estimate of drug-likeness (QED) is 0.909. The Balaban J connectivity index is 1.94. The summed E-state index contributed by atoms with van der Waals surface area (Å²) in [4.78, 5) is 14.3. The molecule has 2 aromatic rings. The first-order valence-electron chi connectivity index (χ1n) is 5.05. The first-order valence-corrected chi connectivity index (χ1v) is 5.84. The average Bonchev–Trinajstić information content (AvgIpc) is 2.73. The summed E-state index contributed by atoms with van der Waals surface area (Å²) < 4.78 is 11.1. The first kappa shape index (κ1) is 12.6. The number of benzene rings is 1. The average molecular weight is 313 g/mol. The number of carbonyl (C=O) groups is 1. The summed E-state index contributed by atoms with van der Waals surface area (Å²) in [5, 5.41) is 12.2. The molecule has 0 atom stereocenters. The van der Waals surface area contributed by atoms with Crippen molar-refractivity contribution >= 4 is 21.9 Å². The van der Waals surface area contributed by atoms with Crippen molar-refractivity contribution < 1.29 is 19.2 Å². The second kappa shape index (κ2) is 5.63. The lowest BCUT2D eigenvalue weighted by atomic mass is 10.3. The van der Waals surface area contributed by atoms with Gasteiger partial charge in [-0.15, -0.1) is 0 Å². The van der Waals surface area contributed by atoms with Crippen molar-refractivity contribution in [2.45, 2.75) is 13.0 Å². The Labute approximate surface area is 111 Å². The van der Waals surface area contributed by atoms with E-state index in [4.69, 9.17) is 14.4 Å². The highest BCUT2D eigenvalue weighted by atomic mass is 79.9. The van der Waals surface area contributed by atoms with E-state index in [9.17, 15) is 4.79 Å². The van der Waals surface area contributed by atoms with Crippen molar-refractivity contribution in [2.75, 3.05) is 0 Å². The maximum Gasteiger partial charge on any atom is 0.312 e. The van der Waals surface area contributed by atoms with Crippen LogP contribution in [-0.4, -0.2) is 21.2 Å². The predicted octanol–water partition coefficient (Wildman–Crippen LogP) is 2.04. The summed E-state index contributed by atoms with van der Waals surface area (Å²) in [7, 11) is 0. The highest BCUT2D eigenvalue weighted by molar-refractivity contribution is 9.10. The summed E-state index contributed by atoms with van der Waals surface area (Å²) in [5.74, 6) is 0.0219. The maximum absolute atomic E-state index is 10.4. The Kier molecular flexibility index (Phi) is 3.93. The molecule has 0 amide bonds. The fraction of sp³-hybridized carbons (Fsp3) is 0.182. The molecule has 0 bridgehead atoms. The van der Waals surface area contributed by atoms with Gasteiger partial charge in [0.05, 0.1) is 0 Å². The molecule has 1 heterocycles. The molecule has 1 aromatic carbocycles. The number of aliphatic carboxylic acids is 1. The fourth-order valence-electron chi connectivity index (χ4n) is 1.25. The van der Waals surface area contributed by atoms with Gasteiger partial charge in [-0.05, 0) is 18.2 Å². The van der Waals surface area contributed by atoms with Gasteiger partial charge in [0.1, 0.15) is 12.2 Å². The second-order valence-corrected chi connectivity index (χ2v) is 4.34. The van der Waals surface area contributed by atoms with Gasteiger partial charge in [0, 0.05) is 4.47 Å². The van der Waals surface area contributed by atoms with Gasteiger partial charge in [0.2, 0.25) is 11.7 Å². The Morgan fingerprint density at radius 1 is 1.50 bits per heavy atom. The minimum absolute atomic E-state index is 0.0651. The first-order chi connectivity index (χ1) is 8.63. The highest BCUT2D eigenvalue weighted by Crippen LogP contribution is 2.18. The molecule has 2 rings (SSSR count). The molecule has 0 fully saturated rings. The van der Waals surface area contributed by atoms with Gasteiger partial charge in [-0.2, -0.15) is 4.98 Å². The van der Waals surface area contributed by atoms with Gasteiger partial charge >= 0.3 is 5.97 Å². The van der Waals surface area contributed by atoms with E-state index in [1.54, 1.807) is 12.1 Å². The smallest absolute Gasteiger partial charge is 0.312 e. The number of nitrogens with zero attached hydrogens (tertiary/aromatic N) is 2. The standard InChI is InChI=1S/C11H9BrN2O4/c12-7-2-1-3-8(4-7)17-6-9-13-10(18-14-9)5-11(15)16/h1-4H,5-6H2,(H,15,16). The largest absolute Gasteiger partial charge is 0.485 e. The third kappa shape index (κ3) is 3.56. The second-order valence-electron chi connectivity index (χ2n) is 3.42. The lowest BCUT2D eigenvalue weighted by Gasteiger charge is -2.02. The SMILES string of the molecule is O=C(O)Cc1nc(COc2cccc(Br)c2)no1. The molecular formula is C11H9BrN2O4. The minimum atomic E-state index is -1.02. The van der Waals surface area contributed by atoms with Crippen LogP contribution in [0.15, 0.2) is 33.3 Å². The van der Waals surface area contributed by atoms with Gasteiger partial charge in [0.25, 0.3) is 0 Å². The summed E-state index contributed by atoms with van der Waals surface area (Å²) >= 11 is 3.32. The lowest BCUT2D eigenvalue weighted by Crippen LogP contribution is -2.01. The van der Waals surface area contributed by atoms with E-state index < -0.39 is 5.97 Å². The van der Waals surface area contributed by atoms with Crippen LogP contribution in [0.1, 0.15) is 11.7 Å². The molecule has 1 N–H and O–H groups in total. The Bertz CT molecular complexity index is 555. The molecule has 0 aliphatic heterocycles. The fourth-order valence-corrected chi connectivity index (χ4v) is 1.63. The van der Waals surface area contributed by atoms with Gasteiger partial charge in [0.15, 0.2) is 6.61 Å². The number of halogens is 1. The molecule has 1 aromatic heterocycles. The number of carboxylic acid groups (broad SMARTS) is 1. The van der Waals surface area contributed by atoms with Gasteiger partial charge < -0.3 is 14.4 Å². The summed E-state index contributed by atoms with van der Waals surface area (Å²) in [6, 6.07) is 7.32. The minimum Gasteiger partial charge on any atom is -0.485 e. The zero-order chi connectivity index (χ0) is 13.0. The van der Waals surface area contributed by atoms with Crippen LogP contribution in [0.5, 0.6) is 5.75 Å². The monoisotopic (exact) mass is 312 g/mol. The molecule has 6 nitrogen and oxygen atoms in total. The number of ether oxygens (including phenoxy) is 1. The Hall–Kier alpha value is -1.89. The number of aromatic nitrogens is 2. The van der Waals surface area contributed by atoms with Crippen molar-refractivity contribution in [2.24, 2.45) is 0 Å². The molecule has 0 spiro atoms. The molecule has 18 heavy (non-hydrogen) atoms.